The molecule has 7 nitrogen and oxygen atoms in total. The van der Waals surface area contributed by atoms with E-state index in [4.69, 9.17) is 10.2 Å². The van der Waals surface area contributed by atoms with E-state index in [1.807, 2.05) is 31.2 Å². The summed E-state index contributed by atoms with van der Waals surface area (Å²) in [4.78, 5) is 22.8. The third-order valence-corrected chi connectivity index (χ3v) is 2.72. The number of aryl methyl sites for hydroxylation is 1. The molecule has 0 aliphatic rings. The van der Waals surface area contributed by atoms with E-state index in [1.165, 1.54) is 6.20 Å². The quantitative estimate of drug-likeness (QED) is 0.649. The lowest BCUT2D eigenvalue weighted by Gasteiger charge is -1.98. The number of aliphatic hydroxyl groups excluding tert-OH is 1. The molecule has 1 aromatic heterocycles. The van der Waals surface area contributed by atoms with Gasteiger partial charge in [0, 0.05) is 6.42 Å². The minimum atomic E-state index is -1.59. The van der Waals surface area contributed by atoms with E-state index in [2.05, 4.69) is 10.2 Å². The predicted molar refractivity (Wildman–Crippen MR) is 73.0 cm³/mol. The number of hydrogen-bond acceptors (Lipinski definition) is 5. The summed E-state index contributed by atoms with van der Waals surface area (Å²) in [6.07, 6.45) is 2.48. The summed E-state index contributed by atoms with van der Waals surface area (Å²) in [6, 6.07) is 7.84. The molecular formula is C14H13N3O4. The number of aliphatic carboxylic acids is 1. The van der Waals surface area contributed by atoms with Crippen molar-refractivity contribution in [3.63, 3.8) is 0 Å². The highest BCUT2D eigenvalue weighted by Crippen LogP contribution is 2.08. The van der Waals surface area contributed by atoms with Crippen LogP contribution in [0.25, 0.3) is 0 Å². The van der Waals surface area contributed by atoms with Crippen LogP contribution in [0.2, 0.25) is 0 Å². The topological polar surface area (TPSA) is 105 Å². The van der Waals surface area contributed by atoms with Crippen LogP contribution in [0.3, 0.4) is 0 Å². The Morgan fingerprint density at radius 3 is 2.52 bits per heavy atom. The Labute approximate surface area is 120 Å². The van der Waals surface area contributed by atoms with Gasteiger partial charge in [-0.2, -0.15) is 5.10 Å². The van der Waals surface area contributed by atoms with Crippen molar-refractivity contribution in [2.24, 2.45) is 0 Å². The third kappa shape index (κ3) is 3.75. The number of benzene rings is 1. The number of carboxylic acid groups (broad SMARTS) is 1. The number of allylic oxidation sites excluding steroid dienone is 1. The molecule has 2 rings (SSSR count). The van der Waals surface area contributed by atoms with E-state index in [-0.39, 0.29) is 0 Å². The van der Waals surface area contributed by atoms with Gasteiger partial charge in [-0.3, -0.25) is 4.79 Å². The van der Waals surface area contributed by atoms with Crippen LogP contribution in [0.5, 0.6) is 0 Å². The number of carbonyl (C=O) groups excluding carboxylic acids is 1. The normalized spacial score (nSPS) is 11.4. The van der Waals surface area contributed by atoms with Crippen molar-refractivity contribution in [1.82, 2.24) is 15.0 Å². The molecule has 1 aromatic carbocycles. The highest BCUT2D eigenvalue weighted by Gasteiger charge is 2.11. The summed E-state index contributed by atoms with van der Waals surface area (Å²) in [5, 5.41) is 25.2. The molecular weight excluding hydrogens is 274 g/mol. The second-order valence-corrected chi connectivity index (χ2v) is 4.46. The van der Waals surface area contributed by atoms with Crippen LogP contribution in [0, 0.1) is 6.92 Å². The summed E-state index contributed by atoms with van der Waals surface area (Å²) in [6.45, 7) is 1.99. The van der Waals surface area contributed by atoms with Gasteiger partial charge in [0.2, 0.25) is 5.76 Å². The van der Waals surface area contributed by atoms with E-state index in [9.17, 15) is 9.59 Å². The summed E-state index contributed by atoms with van der Waals surface area (Å²) in [7, 11) is 0. The highest BCUT2D eigenvalue weighted by molar-refractivity contribution is 5.96. The molecule has 0 unspecified atom stereocenters. The number of aliphatic hydroxyl groups is 1. The molecule has 0 bridgehead atoms. The first-order valence-electron chi connectivity index (χ1n) is 6.11. The first-order valence-corrected chi connectivity index (χ1v) is 6.11. The van der Waals surface area contributed by atoms with Gasteiger partial charge in [-0.25, -0.2) is 4.79 Å². The highest BCUT2D eigenvalue weighted by atomic mass is 16.4. The van der Waals surface area contributed by atoms with Crippen LogP contribution in [0.1, 0.15) is 21.6 Å². The van der Waals surface area contributed by atoms with Crippen molar-refractivity contribution in [3.8, 4) is 0 Å². The maximum Gasteiger partial charge on any atom is 0.371 e. The molecule has 0 amide bonds. The molecule has 0 aliphatic carbocycles. The fraction of sp³-hybridized carbons (Fsp3) is 0.143. The van der Waals surface area contributed by atoms with Gasteiger partial charge >= 0.3 is 5.97 Å². The molecule has 108 valence electrons. The van der Waals surface area contributed by atoms with Gasteiger partial charge in [0.1, 0.15) is 0 Å². The van der Waals surface area contributed by atoms with Crippen LogP contribution >= 0.6 is 0 Å². The standard InChI is InChI=1S/C14H13N3O4/c1-9-2-4-10(5-3-9)6-11-8-15-17(16-11)13(19)7-12(18)14(20)21/h2-5,7-8,18H,6H2,1H3,(H,20,21). The van der Waals surface area contributed by atoms with E-state index < -0.39 is 17.6 Å². The zero-order valence-electron chi connectivity index (χ0n) is 11.2. The molecule has 0 atom stereocenters. The number of rotatable bonds is 4. The number of hydrogen-bond donors (Lipinski definition) is 2. The van der Waals surface area contributed by atoms with E-state index in [0.29, 0.717) is 18.2 Å². The van der Waals surface area contributed by atoms with Crippen molar-refractivity contribution >= 4 is 11.9 Å². The molecule has 0 fully saturated rings. The van der Waals surface area contributed by atoms with Crippen molar-refractivity contribution in [2.75, 3.05) is 0 Å². The largest absolute Gasteiger partial charge is 0.502 e. The van der Waals surface area contributed by atoms with Gasteiger partial charge in [0.05, 0.1) is 18.0 Å². The number of aromatic nitrogens is 3. The molecule has 0 saturated carbocycles. The van der Waals surface area contributed by atoms with Gasteiger partial charge in [0.15, 0.2) is 0 Å². The average Bonchev–Trinajstić information content (AvgIpc) is 2.90. The Hall–Kier alpha value is -2.96. The van der Waals surface area contributed by atoms with Crippen LogP contribution in [0.4, 0.5) is 0 Å². The minimum absolute atomic E-state index is 0.502. The fourth-order valence-electron chi connectivity index (χ4n) is 1.63. The summed E-state index contributed by atoms with van der Waals surface area (Å²) < 4.78 is 0. The van der Waals surface area contributed by atoms with E-state index in [1.54, 1.807) is 0 Å². The van der Waals surface area contributed by atoms with Crippen molar-refractivity contribution in [2.45, 2.75) is 13.3 Å². The summed E-state index contributed by atoms with van der Waals surface area (Å²) >= 11 is 0. The third-order valence-electron chi connectivity index (χ3n) is 2.72. The lowest BCUT2D eigenvalue weighted by atomic mass is 10.1. The molecule has 0 radical (unpaired) electrons. The summed E-state index contributed by atoms with van der Waals surface area (Å²) in [5.74, 6) is -3.47. The van der Waals surface area contributed by atoms with Crippen LogP contribution in [-0.4, -0.2) is 37.1 Å². The maximum atomic E-state index is 11.6. The van der Waals surface area contributed by atoms with Gasteiger partial charge in [0.25, 0.3) is 5.91 Å². The zero-order valence-corrected chi connectivity index (χ0v) is 11.2. The lowest BCUT2D eigenvalue weighted by molar-refractivity contribution is -0.135. The fourth-order valence-corrected chi connectivity index (χ4v) is 1.63. The van der Waals surface area contributed by atoms with Gasteiger partial charge < -0.3 is 10.2 Å². The maximum absolute atomic E-state index is 11.6. The molecule has 0 spiro atoms. The van der Waals surface area contributed by atoms with Crippen LogP contribution in [0.15, 0.2) is 42.3 Å². The van der Waals surface area contributed by atoms with Gasteiger partial charge in [-0.1, -0.05) is 29.8 Å². The Morgan fingerprint density at radius 2 is 1.90 bits per heavy atom. The van der Waals surface area contributed by atoms with Crippen molar-refractivity contribution in [3.05, 3.63) is 59.1 Å². The number of carbonyl (C=O) groups is 2. The first-order chi connectivity index (χ1) is 9.95. The van der Waals surface area contributed by atoms with Crippen LogP contribution in [-0.2, 0) is 11.2 Å². The Kier molecular flexibility index (Phi) is 4.13. The molecule has 1 heterocycles. The average molecular weight is 287 g/mol. The molecule has 0 saturated heterocycles. The molecule has 7 heteroatoms. The smallest absolute Gasteiger partial charge is 0.371 e. The summed E-state index contributed by atoms with van der Waals surface area (Å²) in [5.41, 5.74) is 2.73. The van der Waals surface area contributed by atoms with Crippen LogP contribution < -0.4 is 0 Å². The SMILES string of the molecule is Cc1ccc(Cc2cnn(C(=O)C=C(O)C(=O)O)n2)cc1. The first kappa shape index (κ1) is 14.4. The van der Waals surface area contributed by atoms with Gasteiger partial charge in [-0.15, -0.1) is 9.90 Å². The number of carboxylic acids is 1. The molecule has 0 aliphatic heterocycles. The number of nitrogens with zero attached hydrogens (tertiary/aromatic N) is 3. The van der Waals surface area contributed by atoms with E-state index in [0.717, 1.165) is 15.9 Å². The van der Waals surface area contributed by atoms with Crippen molar-refractivity contribution in [1.29, 1.82) is 0 Å². The Bertz CT molecular complexity index is 701. The Balaban J connectivity index is 2.11. The van der Waals surface area contributed by atoms with Crippen molar-refractivity contribution < 1.29 is 19.8 Å². The monoisotopic (exact) mass is 287 g/mol. The second kappa shape index (κ2) is 6.00. The minimum Gasteiger partial charge on any atom is -0.502 e. The second-order valence-electron chi connectivity index (χ2n) is 4.46. The molecule has 2 N–H and O–H groups in total. The zero-order chi connectivity index (χ0) is 15.4. The molecule has 21 heavy (non-hydrogen) atoms. The Morgan fingerprint density at radius 1 is 1.24 bits per heavy atom. The van der Waals surface area contributed by atoms with E-state index >= 15 is 0 Å². The predicted octanol–water partition coefficient (Wildman–Crippen LogP) is 1.34. The molecule has 2 aromatic rings. The van der Waals surface area contributed by atoms with Gasteiger partial charge in [-0.05, 0) is 12.5 Å². The lowest BCUT2D eigenvalue weighted by Crippen LogP contribution is -2.14.